The number of carbonyl (C=O) groups excluding carboxylic acids is 1. The zero-order chi connectivity index (χ0) is 9.56. The van der Waals surface area contributed by atoms with Crippen molar-refractivity contribution in [1.29, 1.82) is 0 Å². The monoisotopic (exact) mass is 214 g/mol. The highest BCUT2D eigenvalue weighted by molar-refractivity contribution is 8.75. The molecule has 70 valence electrons. The van der Waals surface area contributed by atoms with Crippen LogP contribution in [0.3, 0.4) is 0 Å². The van der Waals surface area contributed by atoms with E-state index in [0.29, 0.717) is 4.31 Å². The predicted molar refractivity (Wildman–Crippen MR) is 46.2 cm³/mol. The molecule has 0 saturated heterocycles. The second-order valence-electron chi connectivity index (χ2n) is 1.65. The van der Waals surface area contributed by atoms with Crippen LogP contribution in [0.5, 0.6) is 0 Å². The fourth-order valence-electron chi connectivity index (χ4n) is 0.417. The normalized spacial score (nSPS) is 9.50. The molecule has 0 aromatic rings. The Kier molecular flexibility index (Phi) is 5.81. The molecule has 0 unspecified atom stereocenters. The number of carbonyl (C=O) groups is 1. The number of hydrogen-bond acceptors (Lipinski definition) is 5. The van der Waals surface area contributed by atoms with Gasteiger partial charge in [-0.1, -0.05) is 10.8 Å². The van der Waals surface area contributed by atoms with Crippen LogP contribution in [-0.4, -0.2) is 34.7 Å². The van der Waals surface area contributed by atoms with E-state index in [-0.39, 0.29) is 6.54 Å². The summed E-state index contributed by atoms with van der Waals surface area (Å²) < 4.78 is 12.7. The number of amides is 1. The lowest BCUT2D eigenvalue weighted by Gasteiger charge is -2.11. The van der Waals surface area contributed by atoms with Crippen LogP contribution in [0, 0.1) is 10.1 Å². The third-order valence-electron chi connectivity index (χ3n) is 0.846. The van der Waals surface area contributed by atoms with Gasteiger partial charge >= 0.3 is 6.16 Å². The first kappa shape index (κ1) is 11.5. The molecule has 0 spiro atoms. The summed E-state index contributed by atoms with van der Waals surface area (Å²) in [5, 5.41) is 9.86. The lowest BCUT2D eigenvalue weighted by Crippen LogP contribution is -2.24. The molecule has 0 heterocycles. The van der Waals surface area contributed by atoms with Gasteiger partial charge in [-0.25, -0.2) is 9.10 Å². The molecule has 0 radical (unpaired) electrons. The quantitative estimate of drug-likeness (QED) is 0.174. The molecular weight excluding hydrogens is 207 g/mol. The summed E-state index contributed by atoms with van der Waals surface area (Å²) in [6.45, 7) is -0.656. The second kappa shape index (κ2) is 6.06. The van der Waals surface area contributed by atoms with E-state index in [0.717, 1.165) is 21.8 Å². The van der Waals surface area contributed by atoms with Crippen LogP contribution in [0.2, 0.25) is 0 Å². The Morgan fingerprint density at radius 3 is 2.67 bits per heavy atom. The van der Waals surface area contributed by atoms with E-state index in [9.17, 15) is 19.3 Å². The molecule has 0 N–H and O–H groups in total. The number of nitro groups is 1. The summed E-state index contributed by atoms with van der Waals surface area (Å²) in [5.74, 6) is 0. The number of rotatable bonds is 5. The lowest BCUT2D eigenvalue weighted by atomic mass is 10.6. The molecule has 0 aromatic carbocycles. The minimum absolute atomic E-state index is 0.214. The standard InChI is InChI=1S/C4H7FN2O3S2/c1-11-12-6(4(5)8)2-3-7(9)10/h2-3H2,1H3. The van der Waals surface area contributed by atoms with Crippen molar-refractivity contribution in [2.45, 2.75) is 0 Å². The SMILES string of the molecule is CSSN(CC[N+](=O)[O-])C(=O)F. The van der Waals surface area contributed by atoms with Gasteiger partial charge in [0.25, 0.3) is 0 Å². The topological polar surface area (TPSA) is 63.4 Å². The highest BCUT2D eigenvalue weighted by atomic mass is 33.1. The van der Waals surface area contributed by atoms with Gasteiger partial charge in [-0.15, -0.1) is 4.39 Å². The van der Waals surface area contributed by atoms with Gasteiger partial charge in [-0.05, 0) is 6.26 Å². The van der Waals surface area contributed by atoms with E-state index in [1.165, 1.54) is 0 Å². The van der Waals surface area contributed by atoms with Gasteiger partial charge in [0.1, 0.15) is 6.54 Å². The van der Waals surface area contributed by atoms with Gasteiger partial charge in [0, 0.05) is 15.9 Å². The maximum Gasteiger partial charge on any atom is 0.411 e. The van der Waals surface area contributed by atoms with Gasteiger partial charge in [0.2, 0.25) is 6.54 Å². The second-order valence-corrected chi connectivity index (χ2v) is 4.02. The fraction of sp³-hybridized carbons (Fsp3) is 0.750. The van der Waals surface area contributed by atoms with Crippen molar-refractivity contribution in [3.05, 3.63) is 10.1 Å². The average molecular weight is 214 g/mol. The molecule has 0 bridgehead atoms. The molecule has 0 rings (SSSR count). The molecule has 0 aliphatic heterocycles. The van der Waals surface area contributed by atoms with E-state index in [2.05, 4.69) is 0 Å². The van der Waals surface area contributed by atoms with Crippen molar-refractivity contribution in [3.63, 3.8) is 0 Å². The Morgan fingerprint density at radius 2 is 2.33 bits per heavy atom. The zero-order valence-corrected chi connectivity index (χ0v) is 7.86. The Morgan fingerprint density at radius 1 is 1.75 bits per heavy atom. The molecule has 1 amide bonds. The molecule has 12 heavy (non-hydrogen) atoms. The van der Waals surface area contributed by atoms with Gasteiger partial charge in [-0.2, -0.15) is 0 Å². The number of halogens is 1. The van der Waals surface area contributed by atoms with Crippen molar-refractivity contribution >= 4 is 27.9 Å². The first-order chi connectivity index (χ1) is 5.57. The van der Waals surface area contributed by atoms with E-state index in [1.807, 2.05) is 0 Å². The Bertz CT molecular complexity index is 180. The Balaban J connectivity index is 3.79. The minimum Gasteiger partial charge on any atom is -0.264 e. The van der Waals surface area contributed by atoms with Crippen LogP contribution < -0.4 is 0 Å². The van der Waals surface area contributed by atoms with Gasteiger partial charge in [-0.3, -0.25) is 10.1 Å². The molecule has 0 fully saturated rings. The molecule has 0 aromatic heterocycles. The van der Waals surface area contributed by atoms with E-state index < -0.39 is 17.6 Å². The summed E-state index contributed by atoms with van der Waals surface area (Å²) in [4.78, 5) is 19.4. The third kappa shape index (κ3) is 5.19. The van der Waals surface area contributed by atoms with Crippen LogP contribution in [0.25, 0.3) is 0 Å². The summed E-state index contributed by atoms with van der Waals surface area (Å²) in [6, 6.07) is 0. The Hall–Kier alpha value is -0.500. The molecular formula is C4H7FN2O3S2. The largest absolute Gasteiger partial charge is 0.411 e. The summed E-state index contributed by atoms with van der Waals surface area (Å²) in [5.41, 5.74) is 0. The summed E-state index contributed by atoms with van der Waals surface area (Å²) >= 11 is 0. The highest BCUT2D eigenvalue weighted by Gasteiger charge is 2.15. The Labute approximate surface area is 76.4 Å². The van der Waals surface area contributed by atoms with Crippen LogP contribution in [-0.2, 0) is 0 Å². The maximum absolute atomic E-state index is 12.0. The van der Waals surface area contributed by atoms with Gasteiger partial charge in [0.05, 0.1) is 0 Å². The zero-order valence-electron chi connectivity index (χ0n) is 6.23. The van der Waals surface area contributed by atoms with Crippen LogP contribution in [0.15, 0.2) is 0 Å². The van der Waals surface area contributed by atoms with Gasteiger partial charge < -0.3 is 0 Å². The maximum atomic E-state index is 12.0. The highest BCUT2D eigenvalue weighted by Crippen LogP contribution is 2.23. The van der Waals surface area contributed by atoms with Crippen molar-refractivity contribution in [2.75, 3.05) is 19.3 Å². The molecule has 0 atom stereocenters. The molecule has 8 heteroatoms. The van der Waals surface area contributed by atoms with Crippen LogP contribution >= 0.6 is 21.8 Å². The van der Waals surface area contributed by atoms with E-state index in [1.54, 1.807) is 6.26 Å². The van der Waals surface area contributed by atoms with Crippen LogP contribution in [0.1, 0.15) is 0 Å². The first-order valence-electron chi connectivity index (χ1n) is 2.87. The van der Waals surface area contributed by atoms with Crippen molar-refractivity contribution in [1.82, 2.24) is 4.31 Å². The fourth-order valence-corrected chi connectivity index (χ4v) is 1.75. The van der Waals surface area contributed by atoms with Crippen LogP contribution in [0.4, 0.5) is 9.18 Å². The molecule has 0 saturated carbocycles. The number of hydrogen-bond donors (Lipinski definition) is 0. The summed E-state index contributed by atoms with van der Waals surface area (Å²) in [7, 11) is 2.00. The summed E-state index contributed by atoms with van der Waals surface area (Å²) in [6.07, 6.45) is -0.0107. The smallest absolute Gasteiger partial charge is 0.264 e. The van der Waals surface area contributed by atoms with Crippen molar-refractivity contribution < 1.29 is 14.1 Å². The lowest BCUT2D eigenvalue weighted by molar-refractivity contribution is -0.478. The van der Waals surface area contributed by atoms with E-state index >= 15 is 0 Å². The van der Waals surface area contributed by atoms with Gasteiger partial charge in [0.15, 0.2) is 0 Å². The minimum atomic E-state index is -1.66. The molecule has 5 nitrogen and oxygen atoms in total. The first-order valence-corrected chi connectivity index (χ1v) is 5.39. The molecule has 0 aliphatic carbocycles. The molecule has 0 aliphatic rings. The average Bonchev–Trinajstić information content (AvgIpc) is 1.96. The van der Waals surface area contributed by atoms with Crippen molar-refractivity contribution in [3.8, 4) is 0 Å². The third-order valence-corrected chi connectivity index (χ3v) is 2.49. The van der Waals surface area contributed by atoms with Crippen molar-refractivity contribution in [2.24, 2.45) is 0 Å². The van der Waals surface area contributed by atoms with E-state index in [4.69, 9.17) is 0 Å². The number of nitrogens with zero attached hydrogens (tertiary/aromatic N) is 2. The predicted octanol–water partition coefficient (Wildman–Crippen LogP) is 1.58.